The summed E-state index contributed by atoms with van der Waals surface area (Å²) in [5.41, 5.74) is 0.860. The molecule has 0 aromatic rings. The number of allylic oxidation sites excluding steroid dienone is 2. The van der Waals surface area contributed by atoms with E-state index in [4.69, 9.17) is 0 Å². The fourth-order valence-electron chi connectivity index (χ4n) is 1.11. The maximum Gasteiger partial charge on any atom is 0.145 e. The van der Waals surface area contributed by atoms with Crippen molar-refractivity contribution in [2.75, 3.05) is 0 Å². The van der Waals surface area contributed by atoms with Crippen molar-refractivity contribution >= 4 is 6.29 Å². The average molecular weight is 168 g/mol. The molecule has 0 heterocycles. The molecule has 0 aromatic heterocycles. The molecule has 1 unspecified atom stereocenters. The van der Waals surface area contributed by atoms with Crippen LogP contribution < -0.4 is 0 Å². The molecule has 0 bridgehead atoms. The van der Waals surface area contributed by atoms with Crippen LogP contribution in [0.25, 0.3) is 0 Å². The molecule has 0 rings (SSSR count). The minimum Gasteiger partial charge on any atom is -0.298 e. The zero-order valence-electron chi connectivity index (χ0n) is 8.47. The number of rotatable bonds is 6. The fraction of sp³-hybridized carbons (Fsp3) is 0.727. The first-order chi connectivity index (χ1) is 5.70. The van der Waals surface area contributed by atoms with Gasteiger partial charge in [0.25, 0.3) is 0 Å². The van der Waals surface area contributed by atoms with E-state index < -0.39 is 0 Å². The van der Waals surface area contributed by atoms with E-state index in [-0.39, 0.29) is 0 Å². The Labute approximate surface area is 75.9 Å². The molecule has 1 atom stereocenters. The molecular weight excluding hydrogens is 148 g/mol. The number of hydrogen-bond donors (Lipinski definition) is 0. The van der Waals surface area contributed by atoms with Crippen LogP contribution >= 0.6 is 0 Å². The minimum absolute atomic E-state index is 0.722. The number of aldehydes is 1. The van der Waals surface area contributed by atoms with E-state index in [9.17, 15) is 4.79 Å². The second kappa shape index (κ2) is 7.08. The quantitative estimate of drug-likeness (QED) is 0.439. The predicted molar refractivity (Wildman–Crippen MR) is 53.1 cm³/mol. The highest BCUT2D eigenvalue weighted by Gasteiger charge is 1.98. The van der Waals surface area contributed by atoms with Gasteiger partial charge in [0.15, 0.2) is 0 Å². The van der Waals surface area contributed by atoms with Gasteiger partial charge in [0.1, 0.15) is 6.29 Å². The molecule has 0 aliphatic carbocycles. The van der Waals surface area contributed by atoms with Crippen LogP contribution in [0.1, 0.15) is 46.5 Å². The van der Waals surface area contributed by atoms with E-state index in [1.165, 1.54) is 19.3 Å². The number of hydrogen-bond acceptors (Lipinski definition) is 1. The molecule has 1 nitrogen and oxygen atoms in total. The van der Waals surface area contributed by atoms with Crippen molar-refractivity contribution in [3.63, 3.8) is 0 Å². The highest BCUT2D eigenvalue weighted by Crippen LogP contribution is 2.12. The van der Waals surface area contributed by atoms with Gasteiger partial charge in [-0.05, 0) is 24.8 Å². The molecular formula is C11H20O. The van der Waals surface area contributed by atoms with Crippen molar-refractivity contribution < 1.29 is 4.79 Å². The van der Waals surface area contributed by atoms with Crippen molar-refractivity contribution in [3.05, 3.63) is 11.6 Å². The van der Waals surface area contributed by atoms with Crippen molar-refractivity contribution in [3.8, 4) is 0 Å². The van der Waals surface area contributed by atoms with E-state index in [1.807, 2.05) is 13.0 Å². The topological polar surface area (TPSA) is 17.1 Å². The van der Waals surface area contributed by atoms with Gasteiger partial charge in [-0.25, -0.2) is 0 Å². The average Bonchev–Trinajstić information content (AvgIpc) is 2.10. The zero-order chi connectivity index (χ0) is 9.40. The van der Waals surface area contributed by atoms with E-state index >= 15 is 0 Å². The van der Waals surface area contributed by atoms with Crippen LogP contribution in [0.15, 0.2) is 11.6 Å². The summed E-state index contributed by atoms with van der Waals surface area (Å²) in [6.45, 7) is 6.31. The SMILES string of the molecule is CCCCC(C)CC=C(C)C=O. The Morgan fingerprint density at radius 2 is 2.17 bits per heavy atom. The lowest BCUT2D eigenvalue weighted by atomic mass is 10.00. The van der Waals surface area contributed by atoms with Crippen LogP contribution in [0, 0.1) is 5.92 Å². The highest BCUT2D eigenvalue weighted by molar-refractivity contribution is 5.71. The monoisotopic (exact) mass is 168 g/mol. The Balaban J connectivity index is 3.55. The molecule has 1 heteroatoms. The van der Waals surface area contributed by atoms with Crippen LogP contribution in [0.3, 0.4) is 0 Å². The zero-order valence-corrected chi connectivity index (χ0v) is 8.47. The second-order valence-electron chi connectivity index (χ2n) is 3.55. The first-order valence-electron chi connectivity index (χ1n) is 4.82. The third-order valence-corrected chi connectivity index (χ3v) is 2.08. The first kappa shape index (κ1) is 11.4. The van der Waals surface area contributed by atoms with Gasteiger partial charge in [0.2, 0.25) is 0 Å². The van der Waals surface area contributed by atoms with Crippen LogP contribution in [0.4, 0.5) is 0 Å². The van der Waals surface area contributed by atoms with Gasteiger partial charge in [-0.2, -0.15) is 0 Å². The standard InChI is InChI=1S/C11H20O/c1-4-5-6-10(2)7-8-11(3)9-12/h8-10H,4-7H2,1-3H3. The molecule has 0 aliphatic heterocycles. The number of unbranched alkanes of at least 4 members (excludes halogenated alkanes) is 1. The second-order valence-corrected chi connectivity index (χ2v) is 3.55. The summed E-state index contributed by atoms with van der Waals surface area (Å²) in [5, 5.41) is 0. The molecule has 0 aromatic carbocycles. The van der Waals surface area contributed by atoms with Gasteiger partial charge in [0, 0.05) is 0 Å². The Morgan fingerprint density at radius 3 is 2.67 bits per heavy atom. The number of carbonyl (C=O) groups is 1. The van der Waals surface area contributed by atoms with Gasteiger partial charge < -0.3 is 0 Å². The Hall–Kier alpha value is -0.590. The predicted octanol–water partition coefficient (Wildman–Crippen LogP) is 3.35. The van der Waals surface area contributed by atoms with Gasteiger partial charge in [0.05, 0.1) is 0 Å². The van der Waals surface area contributed by atoms with Crippen molar-refractivity contribution in [1.82, 2.24) is 0 Å². The lowest BCUT2D eigenvalue weighted by Crippen LogP contribution is -1.92. The molecule has 12 heavy (non-hydrogen) atoms. The molecule has 0 saturated carbocycles. The van der Waals surface area contributed by atoms with Crippen LogP contribution in [0.2, 0.25) is 0 Å². The van der Waals surface area contributed by atoms with Crippen molar-refractivity contribution in [1.29, 1.82) is 0 Å². The molecule has 70 valence electrons. The van der Waals surface area contributed by atoms with E-state index in [0.29, 0.717) is 0 Å². The fourth-order valence-corrected chi connectivity index (χ4v) is 1.11. The first-order valence-corrected chi connectivity index (χ1v) is 4.82. The van der Waals surface area contributed by atoms with Crippen LogP contribution in [0.5, 0.6) is 0 Å². The van der Waals surface area contributed by atoms with E-state index in [0.717, 1.165) is 24.2 Å². The van der Waals surface area contributed by atoms with Gasteiger partial charge in [-0.15, -0.1) is 0 Å². The van der Waals surface area contributed by atoms with Gasteiger partial charge in [-0.1, -0.05) is 39.2 Å². The highest BCUT2D eigenvalue weighted by atomic mass is 16.1. The molecule has 0 spiro atoms. The number of carbonyl (C=O) groups excluding carboxylic acids is 1. The van der Waals surface area contributed by atoms with Gasteiger partial charge in [-0.3, -0.25) is 4.79 Å². The summed E-state index contributed by atoms with van der Waals surface area (Å²) in [5.74, 6) is 0.722. The van der Waals surface area contributed by atoms with Crippen LogP contribution in [-0.4, -0.2) is 6.29 Å². The summed E-state index contributed by atoms with van der Waals surface area (Å²) in [7, 11) is 0. The molecule has 0 fully saturated rings. The largest absolute Gasteiger partial charge is 0.298 e. The Morgan fingerprint density at radius 1 is 1.50 bits per heavy atom. The normalized spacial score (nSPS) is 14.4. The van der Waals surface area contributed by atoms with E-state index in [1.54, 1.807) is 0 Å². The van der Waals surface area contributed by atoms with Crippen LogP contribution in [-0.2, 0) is 4.79 Å². The third-order valence-electron chi connectivity index (χ3n) is 2.08. The maximum atomic E-state index is 10.3. The lowest BCUT2D eigenvalue weighted by molar-refractivity contribution is -0.104. The molecule has 0 saturated heterocycles. The third kappa shape index (κ3) is 6.14. The Kier molecular flexibility index (Phi) is 6.73. The molecule has 0 N–H and O–H groups in total. The summed E-state index contributed by atoms with van der Waals surface area (Å²) in [6.07, 6.45) is 7.85. The minimum atomic E-state index is 0.722. The van der Waals surface area contributed by atoms with Crippen molar-refractivity contribution in [2.45, 2.75) is 46.5 Å². The molecule has 0 radical (unpaired) electrons. The summed E-state index contributed by atoms with van der Waals surface area (Å²) >= 11 is 0. The lowest BCUT2D eigenvalue weighted by Gasteiger charge is -2.06. The summed E-state index contributed by atoms with van der Waals surface area (Å²) in [6, 6.07) is 0. The maximum absolute atomic E-state index is 10.3. The van der Waals surface area contributed by atoms with Crippen molar-refractivity contribution in [2.24, 2.45) is 5.92 Å². The smallest absolute Gasteiger partial charge is 0.145 e. The molecule has 0 aliphatic rings. The molecule has 0 amide bonds. The summed E-state index contributed by atoms with van der Waals surface area (Å²) < 4.78 is 0. The van der Waals surface area contributed by atoms with E-state index in [2.05, 4.69) is 13.8 Å². The Bertz CT molecular complexity index is 147. The summed E-state index contributed by atoms with van der Waals surface area (Å²) in [4.78, 5) is 10.3. The van der Waals surface area contributed by atoms with Gasteiger partial charge >= 0.3 is 0 Å².